The van der Waals surface area contributed by atoms with E-state index in [9.17, 15) is 39.1 Å². The molecule has 0 N–H and O–H groups in total. The fourth-order valence-electron chi connectivity index (χ4n) is 1.11. The van der Waals surface area contributed by atoms with E-state index < -0.39 is 48.9 Å². The van der Waals surface area contributed by atoms with Gasteiger partial charge in [-0.1, -0.05) is 0 Å². The van der Waals surface area contributed by atoms with Gasteiger partial charge in [0.1, 0.15) is 11.4 Å². The average molecular weight is 292 g/mol. The SMILES string of the molecule is O=[N+]([O-])c1cc([N+](=O)[O-])c(OS(=O)[O-])c([N+](=O)[O-])c1. The van der Waals surface area contributed by atoms with E-state index >= 15 is 0 Å². The number of nitro groups is 3. The van der Waals surface area contributed by atoms with Crippen molar-refractivity contribution in [3.63, 3.8) is 0 Å². The molecule has 1 aromatic rings. The molecule has 0 aliphatic carbocycles. The first kappa shape index (κ1) is 14.4. The molecule has 0 fully saturated rings. The van der Waals surface area contributed by atoms with Crippen LogP contribution in [0.15, 0.2) is 12.1 Å². The maximum atomic E-state index is 10.6. The Balaban J connectivity index is 3.64. The number of hydrogen-bond donors (Lipinski definition) is 0. The van der Waals surface area contributed by atoms with Crippen molar-refractivity contribution in [2.24, 2.45) is 0 Å². The van der Waals surface area contributed by atoms with E-state index in [1.54, 1.807) is 0 Å². The third kappa shape index (κ3) is 3.17. The van der Waals surface area contributed by atoms with Gasteiger partial charge in [0.05, 0.1) is 26.9 Å². The fraction of sp³-hybridized carbons (Fsp3) is 0. The van der Waals surface area contributed by atoms with Crippen molar-refractivity contribution in [3.05, 3.63) is 42.5 Å². The summed E-state index contributed by atoms with van der Waals surface area (Å²) in [6, 6.07) is 0.713. The summed E-state index contributed by atoms with van der Waals surface area (Å²) in [7, 11) is 0. The summed E-state index contributed by atoms with van der Waals surface area (Å²) in [5.74, 6) is -1.20. The van der Waals surface area contributed by atoms with Crippen LogP contribution in [-0.4, -0.2) is 23.5 Å². The highest BCUT2D eigenvalue weighted by Crippen LogP contribution is 2.40. The van der Waals surface area contributed by atoms with Gasteiger partial charge in [-0.05, 0) is 0 Å². The second kappa shape index (κ2) is 5.32. The molecule has 0 saturated heterocycles. The molecule has 0 saturated carbocycles. The molecule has 1 unspecified atom stereocenters. The zero-order valence-corrected chi connectivity index (χ0v) is 9.40. The van der Waals surface area contributed by atoms with Crippen molar-refractivity contribution in [1.82, 2.24) is 0 Å². The number of hydrogen-bond acceptors (Lipinski definition) is 9. The number of non-ortho nitro benzene ring substituents is 1. The lowest BCUT2D eigenvalue weighted by Gasteiger charge is -2.07. The first-order chi connectivity index (χ1) is 8.73. The normalized spacial score (nSPS) is 11.6. The smallest absolute Gasteiger partial charge is 0.326 e. The Morgan fingerprint density at radius 3 is 1.63 bits per heavy atom. The molecule has 0 aliphatic heterocycles. The lowest BCUT2D eigenvalue weighted by Crippen LogP contribution is -2.05. The van der Waals surface area contributed by atoms with Gasteiger partial charge in [-0.2, -0.15) is 0 Å². The van der Waals surface area contributed by atoms with Gasteiger partial charge >= 0.3 is 11.4 Å². The molecule has 1 rings (SSSR count). The summed E-state index contributed by atoms with van der Waals surface area (Å²) in [5.41, 5.74) is -3.35. The Morgan fingerprint density at radius 2 is 1.37 bits per heavy atom. The molecule has 0 bridgehead atoms. The topological polar surface area (TPSA) is 179 Å². The van der Waals surface area contributed by atoms with Gasteiger partial charge in [0, 0.05) is 0 Å². The molecule has 0 spiro atoms. The Morgan fingerprint density at radius 1 is 0.947 bits per heavy atom. The van der Waals surface area contributed by atoms with Crippen molar-refractivity contribution >= 4 is 28.4 Å². The molecule has 0 amide bonds. The third-order valence-corrected chi connectivity index (χ3v) is 2.09. The molecule has 0 radical (unpaired) electrons. The molecular formula is C6H2N3O9S-. The molecule has 0 aromatic heterocycles. The van der Waals surface area contributed by atoms with Crippen LogP contribution < -0.4 is 4.18 Å². The molecule has 13 heteroatoms. The monoisotopic (exact) mass is 292 g/mol. The highest BCUT2D eigenvalue weighted by atomic mass is 32.2. The van der Waals surface area contributed by atoms with Gasteiger partial charge < -0.3 is 8.74 Å². The summed E-state index contributed by atoms with van der Waals surface area (Å²) in [6.45, 7) is 0. The standard InChI is InChI=1S/C6H3N3O9S/c10-7(11)3-1-4(8(12)13)6(18-19(16)17)5(2-3)9(14)15/h1-2H,(H,16,17)/p-1. The second-order valence-electron chi connectivity index (χ2n) is 2.87. The summed E-state index contributed by atoms with van der Waals surface area (Å²) in [5, 5.41) is 31.7. The minimum Gasteiger partial charge on any atom is -0.740 e. The summed E-state index contributed by atoms with van der Waals surface area (Å²) < 4.78 is 24.6. The van der Waals surface area contributed by atoms with Gasteiger partial charge in [0.25, 0.3) is 11.4 Å². The van der Waals surface area contributed by atoms with Crippen LogP contribution in [0.1, 0.15) is 0 Å². The van der Waals surface area contributed by atoms with E-state index in [4.69, 9.17) is 0 Å². The van der Waals surface area contributed by atoms with Crippen molar-refractivity contribution < 1.29 is 27.7 Å². The van der Waals surface area contributed by atoms with Crippen LogP contribution in [0.25, 0.3) is 0 Å². The van der Waals surface area contributed by atoms with Crippen molar-refractivity contribution in [1.29, 1.82) is 0 Å². The number of benzene rings is 1. The average Bonchev–Trinajstić information content (AvgIpc) is 2.27. The Bertz CT molecular complexity index is 565. The predicted molar refractivity (Wildman–Crippen MR) is 56.0 cm³/mol. The van der Waals surface area contributed by atoms with Crippen LogP contribution in [0.4, 0.5) is 17.1 Å². The zero-order chi connectivity index (χ0) is 14.7. The third-order valence-electron chi connectivity index (χ3n) is 1.79. The largest absolute Gasteiger partial charge is 0.740 e. The van der Waals surface area contributed by atoms with E-state index in [-0.39, 0.29) is 0 Å². The van der Waals surface area contributed by atoms with Crippen LogP contribution in [0.5, 0.6) is 5.75 Å². The summed E-state index contributed by atoms with van der Waals surface area (Å²) >= 11 is -3.32. The number of rotatable bonds is 5. The lowest BCUT2D eigenvalue weighted by molar-refractivity contribution is -0.404. The van der Waals surface area contributed by atoms with E-state index in [0.29, 0.717) is 12.1 Å². The molecule has 12 nitrogen and oxygen atoms in total. The van der Waals surface area contributed by atoms with Crippen LogP contribution >= 0.6 is 0 Å². The van der Waals surface area contributed by atoms with Crippen LogP contribution in [0.2, 0.25) is 0 Å². The highest BCUT2D eigenvalue weighted by molar-refractivity contribution is 7.74. The Hall–Kier alpha value is -2.67. The van der Waals surface area contributed by atoms with E-state index in [1.165, 1.54) is 0 Å². The summed E-state index contributed by atoms with van der Waals surface area (Å²) in [6.07, 6.45) is 0. The number of nitro benzene ring substituents is 3. The maximum absolute atomic E-state index is 10.6. The molecule has 1 atom stereocenters. The molecule has 0 aliphatic rings. The van der Waals surface area contributed by atoms with E-state index in [0.717, 1.165) is 0 Å². The van der Waals surface area contributed by atoms with E-state index in [1.807, 2.05) is 0 Å². The first-order valence-corrected chi connectivity index (χ1v) is 5.13. The quantitative estimate of drug-likeness (QED) is 0.426. The fourth-order valence-corrected chi connectivity index (χ4v) is 1.42. The van der Waals surface area contributed by atoms with Crippen LogP contribution in [0, 0.1) is 30.3 Å². The van der Waals surface area contributed by atoms with Crippen LogP contribution in [-0.2, 0) is 11.4 Å². The zero-order valence-electron chi connectivity index (χ0n) is 8.58. The lowest BCUT2D eigenvalue weighted by atomic mass is 10.2. The minimum absolute atomic E-state index is 0.356. The van der Waals surface area contributed by atoms with Gasteiger partial charge in [0.2, 0.25) is 0 Å². The maximum Gasteiger partial charge on any atom is 0.326 e. The van der Waals surface area contributed by atoms with Gasteiger partial charge in [0.15, 0.2) is 0 Å². The van der Waals surface area contributed by atoms with Crippen molar-refractivity contribution in [2.75, 3.05) is 0 Å². The summed E-state index contributed by atoms with van der Waals surface area (Å²) in [4.78, 5) is 28.2. The molecule has 102 valence electrons. The second-order valence-corrected chi connectivity index (χ2v) is 3.45. The van der Waals surface area contributed by atoms with Gasteiger partial charge in [-0.15, -0.1) is 0 Å². The number of nitrogens with zero attached hydrogens (tertiary/aromatic N) is 3. The Kier molecular flexibility index (Phi) is 4.03. The molecule has 19 heavy (non-hydrogen) atoms. The first-order valence-electron chi connectivity index (χ1n) is 4.13. The van der Waals surface area contributed by atoms with Gasteiger partial charge in [-0.3, -0.25) is 30.3 Å². The van der Waals surface area contributed by atoms with E-state index in [2.05, 4.69) is 4.18 Å². The Labute approximate surface area is 105 Å². The highest BCUT2D eigenvalue weighted by Gasteiger charge is 2.32. The van der Waals surface area contributed by atoms with Crippen molar-refractivity contribution in [2.45, 2.75) is 0 Å². The molecule has 1 aromatic carbocycles. The van der Waals surface area contributed by atoms with Crippen LogP contribution in [0.3, 0.4) is 0 Å². The van der Waals surface area contributed by atoms with Crippen molar-refractivity contribution in [3.8, 4) is 5.75 Å². The predicted octanol–water partition coefficient (Wildman–Crippen LogP) is 0.584. The molecule has 0 heterocycles. The van der Waals surface area contributed by atoms with Gasteiger partial charge in [-0.25, -0.2) is 4.21 Å². The molecular weight excluding hydrogens is 290 g/mol. The minimum atomic E-state index is -3.32.